The molecule has 6 heteroatoms. The smallest absolute Gasteiger partial charge is 0.207 e. The summed E-state index contributed by atoms with van der Waals surface area (Å²) in [6.07, 6.45) is 0. The lowest BCUT2D eigenvalue weighted by Gasteiger charge is -2.18. The van der Waals surface area contributed by atoms with Crippen molar-refractivity contribution in [2.75, 3.05) is 13.6 Å². The molecule has 17 heavy (non-hydrogen) atoms. The van der Waals surface area contributed by atoms with Crippen LogP contribution in [0.15, 0.2) is 33.6 Å². The molecule has 0 saturated carbocycles. The van der Waals surface area contributed by atoms with Crippen molar-refractivity contribution in [1.82, 2.24) is 4.31 Å². The van der Waals surface area contributed by atoms with Crippen LogP contribution in [0.2, 0.25) is 0 Å². The maximum atomic E-state index is 12.1. The molecule has 1 rings (SSSR count). The summed E-state index contributed by atoms with van der Waals surface area (Å²) in [5.74, 6) is -0.328. The Morgan fingerprint density at radius 1 is 1.41 bits per heavy atom. The summed E-state index contributed by atoms with van der Waals surface area (Å²) in [5, 5.41) is 8.68. The van der Waals surface area contributed by atoms with Crippen LogP contribution in [0.1, 0.15) is 6.92 Å². The van der Waals surface area contributed by atoms with Gasteiger partial charge < -0.3 is 0 Å². The first-order chi connectivity index (χ1) is 7.87. The van der Waals surface area contributed by atoms with Gasteiger partial charge in [-0.25, -0.2) is 8.42 Å². The van der Waals surface area contributed by atoms with Crippen LogP contribution in [0.4, 0.5) is 0 Å². The lowest BCUT2D eigenvalue weighted by molar-refractivity contribution is 0.439. The minimum atomic E-state index is -3.50. The number of hydrogen-bond acceptors (Lipinski definition) is 3. The zero-order chi connectivity index (χ0) is 13.1. The topological polar surface area (TPSA) is 61.2 Å². The van der Waals surface area contributed by atoms with E-state index in [0.717, 1.165) is 4.47 Å². The van der Waals surface area contributed by atoms with E-state index >= 15 is 0 Å². The summed E-state index contributed by atoms with van der Waals surface area (Å²) < 4.78 is 26.2. The molecule has 0 N–H and O–H groups in total. The number of rotatable bonds is 4. The normalized spacial score (nSPS) is 13.4. The van der Waals surface area contributed by atoms with Gasteiger partial charge in [0.15, 0.2) is 0 Å². The van der Waals surface area contributed by atoms with Gasteiger partial charge in [0, 0.05) is 18.1 Å². The van der Waals surface area contributed by atoms with Gasteiger partial charge in [-0.2, -0.15) is 9.57 Å². The van der Waals surface area contributed by atoms with Crippen LogP contribution in [-0.4, -0.2) is 26.3 Å². The van der Waals surface area contributed by atoms with Crippen LogP contribution in [-0.2, 0) is 10.0 Å². The third-order valence-corrected chi connectivity index (χ3v) is 4.64. The molecule has 4 nitrogen and oxygen atoms in total. The van der Waals surface area contributed by atoms with Crippen molar-refractivity contribution in [2.24, 2.45) is 5.92 Å². The number of nitriles is 1. The van der Waals surface area contributed by atoms with Gasteiger partial charge in [-0.1, -0.05) is 15.9 Å². The van der Waals surface area contributed by atoms with E-state index in [1.54, 1.807) is 19.1 Å². The maximum Gasteiger partial charge on any atom is 0.242 e. The summed E-state index contributed by atoms with van der Waals surface area (Å²) in [6, 6.07) is 8.43. The van der Waals surface area contributed by atoms with Gasteiger partial charge in [-0.05, 0) is 31.2 Å². The summed E-state index contributed by atoms with van der Waals surface area (Å²) >= 11 is 3.25. The fraction of sp³-hybridized carbons (Fsp3) is 0.364. The summed E-state index contributed by atoms with van der Waals surface area (Å²) in [7, 11) is -2.02. The monoisotopic (exact) mass is 316 g/mol. The largest absolute Gasteiger partial charge is 0.242 e. The quantitative estimate of drug-likeness (QED) is 0.855. The molecule has 0 aliphatic heterocycles. The second-order valence-electron chi connectivity index (χ2n) is 3.77. The second kappa shape index (κ2) is 5.63. The minimum absolute atomic E-state index is 0.189. The van der Waals surface area contributed by atoms with Crippen molar-refractivity contribution in [3.05, 3.63) is 28.7 Å². The molecule has 1 aromatic carbocycles. The molecule has 0 heterocycles. The average Bonchev–Trinajstić information content (AvgIpc) is 2.29. The molecule has 0 bridgehead atoms. The van der Waals surface area contributed by atoms with Gasteiger partial charge in [-0.3, -0.25) is 0 Å². The van der Waals surface area contributed by atoms with Crippen LogP contribution >= 0.6 is 15.9 Å². The molecule has 92 valence electrons. The summed E-state index contributed by atoms with van der Waals surface area (Å²) in [4.78, 5) is 0.230. The van der Waals surface area contributed by atoms with E-state index in [4.69, 9.17) is 5.26 Å². The molecule has 0 radical (unpaired) electrons. The zero-order valence-corrected chi connectivity index (χ0v) is 12.0. The van der Waals surface area contributed by atoms with E-state index in [2.05, 4.69) is 15.9 Å². The van der Waals surface area contributed by atoms with Crippen molar-refractivity contribution in [1.29, 1.82) is 5.26 Å². The van der Waals surface area contributed by atoms with Crippen molar-refractivity contribution >= 4 is 26.0 Å². The number of halogens is 1. The van der Waals surface area contributed by atoms with Crippen LogP contribution < -0.4 is 0 Å². The minimum Gasteiger partial charge on any atom is -0.207 e. The Labute approximate surface area is 110 Å². The van der Waals surface area contributed by atoms with Gasteiger partial charge >= 0.3 is 0 Å². The fourth-order valence-corrected chi connectivity index (χ4v) is 2.84. The van der Waals surface area contributed by atoms with Crippen LogP contribution in [0.25, 0.3) is 0 Å². The molecule has 0 aliphatic carbocycles. The zero-order valence-electron chi connectivity index (χ0n) is 9.59. The van der Waals surface area contributed by atoms with Crippen molar-refractivity contribution < 1.29 is 8.42 Å². The first-order valence-corrected chi connectivity index (χ1v) is 7.22. The molecule has 0 spiro atoms. The van der Waals surface area contributed by atoms with Crippen molar-refractivity contribution in [3.8, 4) is 6.07 Å². The first kappa shape index (κ1) is 14.2. The molecule has 0 aromatic heterocycles. The van der Waals surface area contributed by atoms with E-state index < -0.39 is 10.0 Å². The molecule has 0 aliphatic rings. The van der Waals surface area contributed by atoms with Crippen LogP contribution in [0.5, 0.6) is 0 Å². The Morgan fingerprint density at radius 2 is 1.94 bits per heavy atom. The Morgan fingerprint density at radius 3 is 2.41 bits per heavy atom. The van der Waals surface area contributed by atoms with E-state index in [1.807, 2.05) is 6.07 Å². The predicted octanol–water partition coefficient (Wildman–Crippen LogP) is 2.23. The van der Waals surface area contributed by atoms with Gasteiger partial charge in [0.05, 0.1) is 16.9 Å². The first-order valence-electron chi connectivity index (χ1n) is 4.99. The predicted molar refractivity (Wildman–Crippen MR) is 68.7 cm³/mol. The van der Waals surface area contributed by atoms with Gasteiger partial charge in [0.1, 0.15) is 0 Å². The molecule has 1 unspecified atom stereocenters. The van der Waals surface area contributed by atoms with E-state index in [9.17, 15) is 8.42 Å². The number of sulfonamides is 1. The average molecular weight is 317 g/mol. The molecular formula is C11H13BrN2O2S. The van der Waals surface area contributed by atoms with Crippen molar-refractivity contribution in [3.63, 3.8) is 0 Å². The third-order valence-electron chi connectivity index (χ3n) is 2.27. The second-order valence-corrected chi connectivity index (χ2v) is 6.73. The highest BCUT2D eigenvalue weighted by Gasteiger charge is 2.21. The third kappa shape index (κ3) is 3.53. The Bertz CT molecular complexity index is 519. The van der Waals surface area contributed by atoms with Gasteiger partial charge in [0.25, 0.3) is 0 Å². The van der Waals surface area contributed by atoms with E-state index in [0.29, 0.717) is 0 Å². The lowest BCUT2D eigenvalue weighted by atomic mass is 10.2. The SMILES string of the molecule is CC(C#N)CN(C)S(=O)(=O)c1ccc(Br)cc1. The highest BCUT2D eigenvalue weighted by atomic mass is 79.9. The van der Waals surface area contributed by atoms with E-state index in [1.165, 1.54) is 23.5 Å². The Hall–Kier alpha value is -0.900. The highest BCUT2D eigenvalue weighted by molar-refractivity contribution is 9.10. The molecular weight excluding hydrogens is 304 g/mol. The maximum absolute atomic E-state index is 12.1. The van der Waals surface area contributed by atoms with Crippen LogP contribution in [0.3, 0.4) is 0 Å². The van der Waals surface area contributed by atoms with Crippen molar-refractivity contribution in [2.45, 2.75) is 11.8 Å². The highest BCUT2D eigenvalue weighted by Crippen LogP contribution is 2.18. The van der Waals surface area contributed by atoms with Crippen LogP contribution in [0, 0.1) is 17.2 Å². The van der Waals surface area contributed by atoms with E-state index in [-0.39, 0.29) is 17.4 Å². The fourth-order valence-electron chi connectivity index (χ4n) is 1.31. The summed E-state index contributed by atoms with van der Waals surface area (Å²) in [5.41, 5.74) is 0. The van der Waals surface area contributed by atoms with Gasteiger partial charge in [0.2, 0.25) is 10.0 Å². The number of nitrogens with zero attached hydrogens (tertiary/aromatic N) is 2. The standard InChI is InChI=1S/C11H13BrN2O2S/c1-9(7-13)8-14(2)17(15,16)11-5-3-10(12)4-6-11/h3-6,9H,8H2,1-2H3. The Kier molecular flexibility index (Phi) is 4.69. The number of hydrogen-bond donors (Lipinski definition) is 0. The summed E-state index contributed by atoms with van der Waals surface area (Å²) in [6.45, 7) is 1.88. The molecule has 0 amide bonds. The molecule has 1 atom stereocenters. The number of benzene rings is 1. The lowest BCUT2D eigenvalue weighted by Crippen LogP contribution is -2.30. The Balaban J connectivity index is 2.96. The molecule has 0 fully saturated rings. The molecule has 0 saturated heterocycles. The van der Waals surface area contributed by atoms with Gasteiger partial charge in [-0.15, -0.1) is 0 Å². The molecule has 1 aromatic rings.